The molecule has 1 N–H and O–H groups in total. The quantitative estimate of drug-likeness (QED) is 0.691. The summed E-state index contributed by atoms with van der Waals surface area (Å²) in [5.41, 5.74) is 0. The van der Waals surface area contributed by atoms with Crippen LogP contribution in [0.4, 0.5) is 13.2 Å². The standard InChI is InChI=1S/C8H12F3NO2/c1-2-14-7(13)5-3-12-4-6(5)8(9,10)11/h5-6,12H,2-4H2,1H3/t5-,6+/m1/s1. The minimum absolute atomic E-state index is 0.0447. The zero-order valence-corrected chi connectivity index (χ0v) is 7.73. The van der Waals surface area contributed by atoms with E-state index in [1.165, 1.54) is 0 Å². The number of alkyl halides is 3. The van der Waals surface area contributed by atoms with Gasteiger partial charge in [0.25, 0.3) is 0 Å². The van der Waals surface area contributed by atoms with Gasteiger partial charge in [-0.2, -0.15) is 13.2 Å². The second kappa shape index (κ2) is 4.16. The Hall–Kier alpha value is -0.780. The van der Waals surface area contributed by atoms with Gasteiger partial charge in [-0.15, -0.1) is 0 Å². The third-order valence-corrected chi connectivity index (χ3v) is 2.22. The molecular weight excluding hydrogens is 199 g/mol. The number of esters is 1. The summed E-state index contributed by atoms with van der Waals surface area (Å²) in [5, 5.41) is 2.55. The van der Waals surface area contributed by atoms with Gasteiger partial charge in [0.05, 0.1) is 18.4 Å². The molecule has 0 amide bonds. The fourth-order valence-electron chi connectivity index (χ4n) is 1.52. The first-order valence-electron chi connectivity index (χ1n) is 4.41. The molecule has 14 heavy (non-hydrogen) atoms. The van der Waals surface area contributed by atoms with E-state index in [-0.39, 0.29) is 19.7 Å². The van der Waals surface area contributed by atoms with Crippen molar-refractivity contribution >= 4 is 5.97 Å². The average molecular weight is 211 g/mol. The molecular formula is C8H12F3NO2. The van der Waals surface area contributed by atoms with Crippen molar-refractivity contribution in [3.05, 3.63) is 0 Å². The van der Waals surface area contributed by atoms with E-state index in [1.54, 1.807) is 6.92 Å². The van der Waals surface area contributed by atoms with E-state index < -0.39 is 24.0 Å². The van der Waals surface area contributed by atoms with Gasteiger partial charge in [0.15, 0.2) is 0 Å². The Bertz CT molecular complexity index is 217. The molecule has 0 radical (unpaired) electrons. The van der Waals surface area contributed by atoms with Crippen LogP contribution in [0.15, 0.2) is 0 Å². The molecule has 0 bridgehead atoms. The normalized spacial score (nSPS) is 27.7. The maximum Gasteiger partial charge on any atom is 0.393 e. The lowest BCUT2D eigenvalue weighted by atomic mass is 9.96. The van der Waals surface area contributed by atoms with Gasteiger partial charge in [0, 0.05) is 13.1 Å². The molecule has 0 saturated carbocycles. The summed E-state index contributed by atoms with van der Waals surface area (Å²) in [4.78, 5) is 11.1. The number of carbonyl (C=O) groups is 1. The highest BCUT2D eigenvalue weighted by molar-refractivity contribution is 5.73. The van der Waals surface area contributed by atoms with Crippen molar-refractivity contribution in [2.45, 2.75) is 13.1 Å². The summed E-state index contributed by atoms with van der Waals surface area (Å²) in [6.07, 6.45) is -4.33. The Kier molecular flexibility index (Phi) is 3.36. The molecule has 1 aliphatic rings. The molecule has 3 nitrogen and oxygen atoms in total. The first-order valence-corrected chi connectivity index (χ1v) is 4.41. The summed E-state index contributed by atoms with van der Waals surface area (Å²) >= 11 is 0. The van der Waals surface area contributed by atoms with Gasteiger partial charge in [0.1, 0.15) is 0 Å². The van der Waals surface area contributed by atoms with Crippen molar-refractivity contribution in [2.24, 2.45) is 11.8 Å². The molecule has 0 aromatic rings. The lowest BCUT2D eigenvalue weighted by molar-refractivity contribution is -0.189. The molecule has 0 spiro atoms. The largest absolute Gasteiger partial charge is 0.466 e. The summed E-state index contributed by atoms with van der Waals surface area (Å²) in [6.45, 7) is 1.53. The van der Waals surface area contributed by atoms with Gasteiger partial charge >= 0.3 is 12.1 Å². The van der Waals surface area contributed by atoms with E-state index in [1.807, 2.05) is 0 Å². The molecule has 1 rings (SSSR count). The highest BCUT2D eigenvalue weighted by Crippen LogP contribution is 2.34. The smallest absolute Gasteiger partial charge is 0.393 e. The summed E-state index contributed by atoms with van der Waals surface area (Å²) < 4.78 is 41.7. The van der Waals surface area contributed by atoms with Gasteiger partial charge < -0.3 is 10.1 Å². The number of ether oxygens (including phenoxy) is 1. The minimum atomic E-state index is -4.33. The Morgan fingerprint density at radius 3 is 2.64 bits per heavy atom. The van der Waals surface area contributed by atoms with Crippen LogP contribution < -0.4 is 5.32 Å². The van der Waals surface area contributed by atoms with Crippen molar-refractivity contribution in [1.82, 2.24) is 5.32 Å². The molecule has 1 aliphatic heterocycles. The van der Waals surface area contributed by atoms with Gasteiger partial charge in [-0.25, -0.2) is 0 Å². The van der Waals surface area contributed by atoms with Crippen LogP contribution in [0.3, 0.4) is 0 Å². The molecule has 0 aromatic carbocycles. The average Bonchev–Trinajstić information content (AvgIpc) is 2.50. The Balaban J connectivity index is 2.64. The molecule has 0 aromatic heterocycles. The number of hydrogen-bond acceptors (Lipinski definition) is 3. The predicted molar refractivity (Wildman–Crippen MR) is 42.5 cm³/mol. The fraction of sp³-hybridized carbons (Fsp3) is 0.875. The lowest BCUT2D eigenvalue weighted by Crippen LogP contribution is -2.34. The highest BCUT2D eigenvalue weighted by Gasteiger charge is 2.50. The van der Waals surface area contributed by atoms with Crippen molar-refractivity contribution in [1.29, 1.82) is 0 Å². The molecule has 1 saturated heterocycles. The van der Waals surface area contributed by atoms with E-state index in [2.05, 4.69) is 10.1 Å². The van der Waals surface area contributed by atoms with Gasteiger partial charge in [-0.3, -0.25) is 4.79 Å². The maximum absolute atomic E-state index is 12.4. The zero-order valence-electron chi connectivity index (χ0n) is 7.73. The number of hydrogen-bond donors (Lipinski definition) is 1. The molecule has 2 atom stereocenters. The minimum Gasteiger partial charge on any atom is -0.466 e. The number of nitrogens with one attached hydrogen (secondary N) is 1. The van der Waals surface area contributed by atoms with Crippen LogP contribution in [0.5, 0.6) is 0 Å². The van der Waals surface area contributed by atoms with Crippen molar-refractivity contribution in [2.75, 3.05) is 19.7 Å². The van der Waals surface area contributed by atoms with Gasteiger partial charge in [-0.05, 0) is 6.92 Å². The monoisotopic (exact) mass is 211 g/mol. The predicted octanol–water partition coefficient (Wildman–Crippen LogP) is 0.947. The Labute approximate surface area is 79.6 Å². The Morgan fingerprint density at radius 2 is 2.14 bits per heavy atom. The topological polar surface area (TPSA) is 38.3 Å². The molecule has 0 aliphatic carbocycles. The summed E-state index contributed by atoms with van der Waals surface area (Å²) in [7, 11) is 0. The molecule has 0 unspecified atom stereocenters. The summed E-state index contributed by atoms with van der Waals surface area (Å²) in [6, 6.07) is 0. The molecule has 1 heterocycles. The van der Waals surface area contributed by atoms with E-state index in [9.17, 15) is 18.0 Å². The third kappa shape index (κ3) is 2.37. The molecule has 82 valence electrons. The van der Waals surface area contributed by atoms with E-state index in [4.69, 9.17) is 0 Å². The van der Waals surface area contributed by atoms with Crippen LogP contribution >= 0.6 is 0 Å². The zero-order chi connectivity index (χ0) is 10.8. The second-order valence-corrected chi connectivity index (χ2v) is 3.16. The van der Waals surface area contributed by atoms with Crippen LogP contribution in [0.25, 0.3) is 0 Å². The molecule has 6 heteroatoms. The second-order valence-electron chi connectivity index (χ2n) is 3.16. The maximum atomic E-state index is 12.4. The van der Waals surface area contributed by atoms with Crippen LogP contribution in [-0.2, 0) is 9.53 Å². The van der Waals surface area contributed by atoms with Crippen LogP contribution in [0.2, 0.25) is 0 Å². The van der Waals surface area contributed by atoms with E-state index in [0.717, 1.165) is 0 Å². The lowest BCUT2D eigenvalue weighted by Gasteiger charge is -2.19. The van der Waals surface area contributed by atoms with Crippen molar-refractivity contribution in [3.8, 4) is 0 Å². The van der Waals surface area contributed by atoms with Gasteiger partial charge in [-0.1, -0.05) is 0 Å². The third-order valence-electron chi connectivity index (χ3n) is 2.22. The highest BCUT2D eigenvalue weighted by atomic mass is 19.4. The number of rotatable bonds is 2. The Morgan fingerprint density at radius 1 is 1.50 bits per heavy atom. The van der Waals surface area contributed by atoms with E-state index >= 15 is 0 Å². The first-order chi connectivity index (χ1) is 6.46. The van der Waals surface area contributed by atoms with Gasteiger partial charge in [0.2, 0.25) is 0 Å². The molecule has 1 fully saturated rings. The number of carbonyl (C=O) groups excluding carboxylic acids is 1. The summed E-state index contributed by atoms with van der Waals surface area (Å²) in [5.74, 6) is -3.46. The SMILES string of the molecule is CCOC(=O)[C@@H]1CNC[C@@H]1C(F)(F)F. The first kappa shape index (κ1) is 11.3. The van der Waals surface area contributed by atoms with Crippen molar-refractivity contribution < 1.29 is 22.7 Å². The van der Waals surface area contributed by atoms with Crippen LogP contribution in [-0.4, -0.2) is 31.8 Å². The number of halogens is 3. The van der Waals surface area contributed by atoms with Crippen LogP contribution in [0, 0.1) is 11.8 Å². The van der Waals surface area contributed by atoms with Crippen molar-refractivity contribution in [3.63, 3.8) is 0 Å². The van der Waals surface area contributed by atoms with E-state index in [0.29, 0.717) is 0 Å². The fourth-order valence-corrected chi connectivity index (χ4v) is 1.52. The van der Waals surface area contributed by atoms with Crippen LogP contribution in [0.1, 0.15) is 6.92 Å².